The Bertz CT molecular complexity index is 583. The third-order valence-corrected chi connectivity index (χ3v) is 3.81. The van der Waals surface area contributed by atoms with E-state index in [0.29, 0.717) is 18.2 Å². The monoisotopic (exact) mass is 301 g/mol. The van der Waals surface area contributed by atoms with E-state index in [1.54, 1.807) is 36.4 Å². The Kier molecular flexibility index (Phi) is 5.81. The van der Waals surface area contributed by atoms with Gasteiger partial charge in [-0.3, -0.25) is 0 Å². The van der Waals surface area contributed by atoms with Gasteiger partial charge in [0.15, 0.2) is 0 Å². The second-order valence-corrected chi connectivity index (χ2v) is 5.60. The maximum absolute atomic E-state index is 10.1. The van der Waals surface area contributed by atoms with E-state index in [4.69, 9.17) is 0 Å². The lowest BCUT2D eigenvalue weighted by Gasteiger charge is -2.15. The van der Waals surface area contributed by atoms with Crippen molar-refractivity contribution in [2.24, 2.45) is 0 Å². The van der Waals surface area contributed by atoms with Crippen LogP contribution in [0.5, 0.6) is 11.5 Å². The summed E-state index contributed by atoms with van der Waals surface area (Å²) in [5, 5.41) is 32.0. The minimum Gasteiger partial charge on any atom is -0.508 e. The number of aliphatic hydroxyl groups excluding tert-OH is 1. The SMILES string of the molecule is C[C@H](CCNCC(O)c1ccc(O)cc1)c1cccc(O)c1. The summed E-state index contributed by atoms with van der Waals surface area (Å²) in [5.41, 5.74) is 1.90. The molecule has 2 aromatic carbocycles. The Morgan fingerprint density at radius 1 is 0.955 bits per heavy atom. The number of hydrogen-bond acceptors (Lipinski definition) is 4. The topological polar surface area (TPSA) is 72.7 Å². The number of phenolic OH excluding ortho intramolecular Hbond substituents is 2. The van der Waals surface area contributed by atoms with Crippen molar-refractivity contribution in [3.63, 3.8) is 0 Å². The van der Waals surface area contributed by atoms with Gasteiger partial charge in [0.2, 0.25) is 0 Å². The summed E-state index contributed by atoms with van der Waals surface area (Å²) < 4.78 is 0. The zero-order valence-electron chi connectivity index (χ0n) is 12.7. The van der Waals surface area contributed by atoms with E-state index in [9.17, 15) is 15.3 Å². The molecule has 0 aromatic heterocycles. The molecule has 0 amide bonds. The molecule has 0 aliphatic carbocycles. The molecule has 4 N–H and O–H groups in total. The van der Waals surface area contributed by atoms with Crippen LogP contribution in [0.3, 0.4) is 0 Å². The minimum atomic E-state index is -0.586. The highest BCUT2D eigenvalue weighted by Crippen LogP contribution is 2.22. The largest absolute Gasteiger partial charge is 0.508 e. The fourth-order valence-electron chi connectivity index (χ4n) is 2.37. The summed E-state index contributed by atoms with van der Waals surface area (Å²) in [4.78, 5) is 0. The first-order valence-corrected chi connectivity index (χ1v) is 7.53. The van der Waals surface area contributed by atoms with E-state index in [0.717, 1.165) is 24.1 Å². The van der Waals surface area contributed by atoms with Gasteiger partial charge in [-0.05, 0) is 54.3 Å². The zero-order chi connectivity index (χ0) is 15.9. The summed E-state index contributed by atoms with van der Waals surface area (Å²) in [5.74, 6) is 0.828. The van der Waals surface area contributed by atoms with Crippen LogP contribution in [0.4, 0.5) is 0 Å². The van der Waals surface area contributed by atoms with Gasteiger partial charge in [0.1, 0.15) is 11.5 Å². The van der Waals surface area contributed by atoms with Gasteiger partial charge in [0.25, 0.3) is 0 Å². The average Bonchev–Trinajstić information content (AvgIpc) is 2.51. The number of hydrogen-bond donors (Lipinski definition) is 4. The van der Waals surface area contributed by atoms with Gasteiger partial charge in [-0.2, -0.15) is 0 Å². The number of aliphatic hydroxyl groups is 1. The molecule has 0 bridgehead atoms. The van der Waals surface area contributed by atoms with Gasteiger partial charge >= 0.3 is 0 Å². The molecule has 0 aliphatic rings. The molecule has 0 saturated heterocycles. The Labute approximate surface area is 131 Å². The molecular weight excluding hydrogens is 278 g/mol. The molecule has 2 atom stereocenters. The predicted octanol–water partition coefficient (Wildman–Crippen LogP) is 2.91. The molecular formula is C18H23NO3. The molecule has 4 heteroatoms. The van der Waals surface area contributed by atoms with Crippen LogP contribution in [-0.2, 0) is 0 Å². The van der Waals surface area contributed by atoms with Crippen LogP contribution in [0, 0.1) is 0 Å². The fourth-order valence-corrected chi connectivity index (χ4v) is 2.37. The van der Waals surface area contributed by atoms with E-state index in [1.165, 1.54) is 0 Å². The molecule has 118 valence electrons. The van der Waals surface area contributed by atoms with Crippen LogP contribution in [0.2, 0.25) is 0 Å². The highest BCUT2D eigenvalue weighted by Gasteiger charge is 2.09. The van der Waals surface area contributed by atoms with Crippen LogP contribution < -0.4 is 5.32 Å². The van der Waals surface area contributed by atoms with E-state index < -0.39 is 6.10 Å². The lowest BCUT2D eigenvalue weighted by atomic mass is 9.97. The van der Waals surface area contributed by atoms with Gasteiger partial charge in [-0.1, -0.05) is 31.2 Å². The van der Waals surface area contributed by atoms with Gasteiger partial charge in [-0.15, -0.1) is 0 Å². The molecule has 0 aliphatic heterocycles. The highest BCUT2D eigenvalue weighted by atomic mass is 16.3. The predicted molar refractivity (Wildman–Crippen MR) is 87.1 cm³/mol. The number of aromatic hydroxyl groups is 2. The summed E-state index contributed by atoms with van der Waals surface area (Å²) in [6.45, 7) is 3.37. The molecule has 4 nitrogen and oxygen atoms in total. The number of benzene rings is 2. The van der Waals surface area contributed by atoms with E-state index >= 15 is 0 Å². The van der Waals surface area contributed by atoms with Gasteiger partial charge in [-0.25, -0.2) is 0 Å². The second-order valence-electron chi connectivity index (χ2n) is 5.60. The van der Waals surface area contributed by atoms with Crippen LogP contribution >= 0.6 is 0 Å². The van der Waals surface area contributed by atoms with Crippen LogP contribution in [0.15, 0.2) is 48.5 Å². The Balaban J connectivity index is 1.73. The molecule has 2 aromatic rings. The van der Waals surface area contributed by atoms with Crippen molar-refractivity contribution in [2.45, 2.75) is 25.4 Å². The number of nitrogens with one attached hydrogen (secondary N) is 1. The van der Waals surface area contributed by atoms with Gasteiger partial charge in [0.05, 0.1) is 6.10 Å². The molecule has 22 heavy (non-hydrogen) atoms. The van der Waals surface area contributed by atoms with Crippen molar-refractivity contribution in [3.05, 3.63) is 59.7 Å². The van der Waals surface area contributed by atoms with E-state index in [-0.39, 0.29) is 5.75 Å². The lowest BCUT2D eigenvalue weighted by Crippen LogP contribution is -2.23. The lowest BCUT2D eigenvalue weighted by molar-refractivity contribution is 0.174. The second kappa shape index (κ2) is 7.82. The van der Waals surface area contributed by atoms with E-state index in [1.807, 2.05) is 12.1 Å². The molecule has 0 spiro atoms. The van der Waals surface area contributed by atoms with Gasteiger partial charge in [0, 0.05) is 6.54 Å². The molecule has 0 saturated carbocycles. The summed E-state index contributed by atoms with van der Waals surface area (Å²) in [6.07, 6.45) is 0.336. The smallest absolute Gasteiger partial charge is 0.115 e. The number of rotatable bonds is 7. The van der Waals surface area contributed by atoms with Crippen molar-refractivity contribution < 1.29 is 15.3 Å². The maximum Gasteiger partial charge on any atom is 0.115 e. The van der Waals surface area contributed by atoms with Crippen molar-refractivity contribution in [1.82, 2.24) is 5.32 Å². The summed E-state index contributed by atoms with van der Waals surface area (Å²) in [7, 11) is 0. The van der Waals surface area contributed by atoms with Crippen LogP contribution in [0.25, 0.3) is 0 Å². The normalized spacial score (nSPS) is 13.7. The van der Waals surface area contributed by atoms with Crippen molar-refractivity contribution >= 4 is 0 Å². The minimum absolute atomic E-state index is 0.198. The fraction of sp³-hybridized carbons (Fsp3) is 0.333. The van der Waals surface area contributed by atoms with Crippen LogP contribution in [-0.4, -0.2) is 28.4 Å². The van der Waals surface area contributed by atoms with Crippen LogP contribution in [0.1, 0.15) is 36.5 Å². The first-order chi connectivity index (χ1) is 10.6. The third kappa shape index (κ3) is 4.76. The van der Waals surface area contributed by atoms with Crippen molar-refractivity contribution in [1.29, 1.82) is 0 Å². The molecule has 0 heterocycles. The Morgan fingerprint density at radius 2 is 1.68 bits per heavy atom. The molecule has 0 fully saturated rings. The van der Waals surface area contributed by atoms with Crippen molar-refractivity contribution in [3.8, 4) is 11.5 Å². The quantitative estimate of drug-likeness (QED) is 0.593. The summed E-state index contributed by atoms with van der Waals surface area (Å²) >= 11 is 0. The standard InChI is InChI=1S/C18H23NO3/c1-13(15-3-2-4-17(21)11-15)9-10-19-12-18(22)14-5-7-16(20)8-6-14/h2-8,11,13,18-22H,9-10,12H2,1H3/t13-,18?/m1/s1. The van der Waals surface area contributed by atoms with Gasteiger partial charge < -0.3 is 20.6 Å². The average molecular weight is 301 g/mol. The first kappa shape index (κ1) is 16.3. The zero-order valence-corrected chi connectivity index (χ0v) is 12.7. The van der Waals surface area contributed by atoms with Crippen molar-refractivity contribution in [2.75, 3.05) is 13.1 Å². The molecule has 0 radical (unpaired) electrons. The first-order valence-electron chi connectivity index (χ1n) is 7.53. The summed E-state index contributed by atoms with van der Waals surface area (Å²) in [6, 6.07) is 13.9. The Hall–Kier alpha value is -2.04. The molecule has 1 unspecified atom stereocenters. The maximum atomic E-state index is 10.1. The molecule has 2 rings (SSSR count). The Morgan fingerprint density at radius 3 is 2.36 bits per heavy atom. The highest BCUT2D eigenvalue weighted by molar-refractivity contribution is 5.29. The van der Waals surface area contributed by atoms with E-state index in [2.05, 4.69) is 12.2 Å². The third-order valence-electron chi connectivity index (χ3n) is 3.81. The number of phenols is 2.